The standard InChI is InChI=1S/C40H39N7O17P2.C34H34F3N5O18P2/c41-21-7-10-25-26(13-21)61-27-11-20(23-3-1-2-4-24(23)31(27)46-25)12-30(48)57-14-19-5-8-22(9-6-19)60-40-36(52)34(50)29(63-40)16-59-66(55,56)64-65(53,54)58-15-28-33(49)35(51)39(62-28)47-18-45-32-37(42)43-17-44-38(32)47;35-34(36,37)19-9-24(44)57-20-7-16(3-6-18(19)20)8-23(43)53-10-15-1-4-17(5-2-15)56-33-29(48)27(46)22(59-33)12-55-62(51,52)60-61(49,50)54-11-21-26(45)28(47)32(58-21)42-14-41-25-30(38)39-13-40-31(25)42/h1-11,13,17-18,28-29,33-36,39-41,49-52H,12,14-16H2,(H,53,54)(H,55,56)(H2,42,43,44);1-7,9,13-14,21-22,26-29,32-33,45-48H,8,10-12H2,(H,49,50)(H,51,52)(H2,38,39,40)/p+1/t28?,29-,33-,34-,35-,36-,39-,40+;21?,22-,26-,27-,28-,29-,32-,33+/m11/s1. The quantitative estimate of drug-likeness (QED) is 0.00993. The molecule has 10 aromatic rings. The molecule has 4 saturated heterocycles. The number of hydrogen-bond donors (Lipinski definition) is 15. The highest BCUT2D eigenvalue weighted by Gasteiger charge is 2.51. The van der Waals surface area contributed by atoms with Gasteiger partial charge in [-0.2, -0.15) is 21.8 Å². The summed E-state index contributed by atoms with van der Waals surface area (Å²) in [6.45, 7) is -4.11. The van der Waals surface area contributed by atoms with E-state index in [-0.39, 0.29) is 88.1 Å². The Balaban J connectivity index is 0.000000197. The van der Waals surface area contributed by atoms with Crippen molar-refractivity contribution in [2.75, 3.05) is 37.9 Å². The number of aliphatic hydroxyl groups is 8. The summed E-state index contributed by atoms with van der Waals surface area (Å²) in [6.07, 6.45) is -25.7. The number of carbonyl (C=O) groups is 2. The number of aromatic nitrogens is 9. The Morgan fingerprint density at radius 3 is 1.40 bits per heavy atom. The highest BCUT2D eigenvalue weighted by molar-refractivity contribution is 7.61. The molecule has 6 aliphatic rings. The van der Waals surface area contributed by atoms with Gasteiger partial charge in [0, 0.05) is 22.9 Å². The Kier molecular flexibility index (Phi) is 26.9. The highest BCUT2D eigenvalue weighted by atomic mass is 31.3. The molecule has 16 rings (SSSR count). The summed E-state index contributed by atoms with van der Waals surface area (Å²) in [5, 5.41) is 92.1. The number of hydrogen-bond acceptors (Lipinski definition) is 40. The van der Waals surface area contributed by atoms with Gasteiger partial charge in [0.05, 0.1) is 63.6 Å². The van der Waals surface area contributed by atoms with Gasteiger partial charge >= 0.3 is 55.0 Å². The molecule has 0 amide bonds. The summed E-state index contributed by atoms with van der Waals surface area (Å²) in [7, 11) is -21.8. The second kappa shape index (κ2) is 37.4. The van der Waals surface area contributed by atoms with Crippen molar-refractivity contribution in [1.82, 2.24) is 44.0 Å². The third kappa shape index (κ3) is 20.9. The number of halogens is 3. The second-order valence-corrected chi connectivity index (χ2v) is 35.0. The van der Waals surface area contributed by atoms with Crippen LogP contribution in [0.4, 0.5) is 24.8 Å². The fourth-order valence-corrected chi connectivity index (χ4v) is 18.0. The molecular weight excluding hydrogens is 1800 g/mol. The van der Waals surface area contributed by atoms with E-state index in [1.165, 1.54) is 64.3 Å². The molecule has 0 spiro atoms. The van der Waals surface area contributed by atoms with Gasteiger partial charge in [0.2, 0.25) is 17.9 Å². The molecular formula is C74H74F3N12O35P4+. The Morgan fingerprint density at radius 1 is 0.477 bits per heavy atom. The van der Waals surface area contributed by atoms with Crippen LogP contribution in [0.3, 0.4) is 0 Å². The number of fused-ring (bicyclic) bond motifs is 7. The van der Waals surface area contributed by atoms with E-state index in [2.05, 4.69) is 38.5 Å². The molecule has 4 fully saturated rings. The van der Waals surface area contributed by atoms with Gasteiger partial charge in [0.15, 0.2) is 46.7 Å². The van der Waals surface area contributed by atoms with Crippen LogP contribution in [0.15, 0.2) is 160 Å². The van der Waals surface area contributed by atoms with E-state index in [0.717, 1.165) is 35.6 Å². The van der Waals surface area contributed by atoms with Gasteiger partial charge in [-0.3, -0.25) is 42.2 Å². The lowest BCUT2D eigenvalue weighted by Gasteiger charge is -2.20. The smallest absolute Gasteiger partial charge is 0.462 e. The summed E-state index contributed by atoms with van der Waals surface area (Å²) >= 11 is 0. The number of alkyl halides is 3. The molecule has 0 saturated carbocycles. The average Bonchev–Trinajstić information content (AvgIpc) is 1.10. The molecule has 47 nitrogen and oxygen atoms in total. The molecule has 128 heavy (non-hydrogen) atoms. The lowest BCUT2D eigenvalue weighted by Crippen LogP contribution is -2.44. The third-order valence-corrected chi connectivity index (χ3v) is 25.3. The number of benzene rings is 6. The van der Waals surface area contributed by atoms with Crippen molar-refractivity contribution < 1.29 is 180 Å². The minimum atomic E-state index is -5.46. The van der Waals surface area contributed by atoms with E-state index in [9.17, 15) is 106 Å². The largest absolute Gasteiger partial charge is 0.481 e. The molecule has 5 aromatic heterocycles. The SMILES string of the molecule is Nc1ncnc2c1ncn2[C@@H]1OC(COP(=O)(O)OP(=O)(O)OC[C@H]2O[C@H](Oc3ccc(COC(=O)Cc4cc5oc6cc(=[NH2+])ccc-6nc5c5ccccc45)cc3)[C@H](O)[C@@H]2O)[C@@H](O)[C@H]1O.Nc1ncnc2c1ncn2[C@@H]1OC(COP(=O)(O)OP(=O)(O)OC[C@H]2O[C@H](Oc3ccc(COC(=O)Cc4ccc5c(C(F)(F)F)cc(=O)oc5c4)cc3)[C@H](O)[C@@H]2O)[C@@H](O)[C@H]1O. The lowest BCUT2D eigenvalue weighted by atomic mass is 10.0. The van der Waals surface area contributed by atoms with Crippen LogP contribution < -0.4 is 37.3 Å². The van der Waals surface area contributed by atoms with Crippen LogP contribution in [0.1, 0.15) is 40.3 Å². The molecule has 6 unspecified atom stereocenters. The first-order valence-electron chi connectivity index (χ1n) is 37.7. The number of phosphoric ester groups is 4. The normalized spacial score (nSPS) is 25.6. The van der Waals surface area contributed by atoms with E-state index < -0.39 is 185 Å². The van der Waals surface area contributed by atoms with E-state index in [1.807, 2.05) is 24.3 Å². The van der Waals surface area contributed by atoms with Crippen molar-refractivity contribution in [1.29, 1.82) is 0 Å². The Morgan fingerprint density at radius 2 is 0.922 bits per heavy atom. The first-order chi connectivity index (χ1) is 60.7. The summed E-state index contributed by atoms with van der Waals surface area (Å²) in [5.41, 5.74) is 13.2. The summed E-state index contributed by atoms with van der Waals surface area (Å²) in [6, 6.07) is 30.2. The minimum Gasteiger partial charge on any atom is -0.462 e. The van der Waals surface area contributed by atoms with Crippen LogP contribution in [0, 0.1) is 0 Å². The van der Waals surface area contributed by atoms with Gasteiger partial charge in [0.25, 0.3) is 0 Å². The molecule has 1 aliphatic carbocycles. The number of rotatable bonds is 30. The molecule has 680 valence electrons. The highest BCUT2D eigenvalue weighted by Crippen LogP contribution is 2.62. The number of aliphatic hydroxyl groups excluding tert-OH is 8. The number of esters is 2. The number of anilines is 2. The monoisotopic (exact) mass is 1870 g/mol. The topological polar surface area (TPSA) is 695 Å². The zero-order chi connectivity index (χ0) is 91.2. The van der Waals surface area contributed by atoms with E-state index >= 15 is 0 Å². The second-order valence-electron chi connectivity index (χ2n) is 28.9. The van der Waals surface area contributed by atoms with E-state index in [0.29, 0.717) is 50.7 Å². The first-order valence-corrected chi connectivity index (χ1v) is 43.7. The van der Waals surface area contributed by atoms with Crippen LogP contribution in [-0.4, -0.2) is 229 Å². The molecule has 0 bridgehead atoms. The number of ether oxygens (including phenoxy) is 8. The van der Waals surface area contributed by atoms with Crippen molar-refractivity contribution in [3.63, 3.8) is 0 Å². The number of imidazole rings is 2. The molecule has 0 radical (unpaired) electrons. The minimum absolute atomic E-state index is 0.0256. The van der Waals surface area contributed by atoms with Crippen LogP contribution in [0.25, 0.3) is 66.6 Å². The van der Waals surface area contributed by atoms with Crippen LogP contribution in [0.5, 0.6) is 11.5 Å². The maximum atomic E-state index is 13.3. The van der Waals surface area contributed by atoms with Gasteiger partial charge in [-0.05, 0) is 70.1 Å². The molecule has 54 heteroatoms. The number of nitrogen functional groups attached to an aromatic ring is 2. The zero-order valence-electron chi connectivity index (χ0n) is 65.2. The number of nitrogens with zero attached hydrogens (tertiary/aromatic N) is 9. The Hall–Kier alpha value is -10.7. The number of carbonyl (C=O) groups excluding carboxylic acids is 2. The Labute approximate surface area is 713 Å². The fourth-order valence-electron chi connectivity index (χ4n) is 13.8. The Bertz CT molecular complexity index is 6430. The van der Waals surface area contributed by atoms with Crippen molar-refractivity contribution in [3.05, 3.63) is 190 Å². The van der Waals surface area contributed by atoms with E-state index in [4.69, 9.17) is 86.7 Å². The van der Waals surface area contributed by atoms with Crippen molar-refractivity contribution >= 4 is 110 Å². The zero-order valence-corrected chi connectivity index (χ0v) is 68.8. The van der Waals surface area contributed by atoms with Crippen molar-refractivity contribution in [2.45, 2.75) is 131 Å². The van der Waals surface area contributed by atoms with Gasteiger partial charge in [-0.1, -0.05) is 60.7 Å². The van der Waals surface area contributed by atoms with E-state index in [1.54, 1.807) is 36.4 Å². The molecule has 10 heterocycles. The van der Waals surface area contributed by atoms with Crippen LogP contribution >= 0.6 is 31.3 Å². The summed E-state index contributed by atoms with van der Waals surface area (Å²) < 4.78 is 176. The molecule has 20 atom stereocenters. The van der Waals surface area contributed by atoms with Crippen LogP contribution in [0.2, 0.25) is 0 Å². The van der Waals surface area contributed by atoms with Gasteiger partial charge in [-0.15, -0.1) is 0 Å². The first kappa shape index (κ1) is 92.0. The fraction of sp³-hybridized carbons (Fsp3) is 0.338. The maximum absolute atomic E-state index is 13.3. The molecule has 18 N–H and O–H groups in total. The summed E-state index contributed by atoms with van der Waals surface area (Å²) in [5.74, 6) is -0.450. The summed E-state index contributed by atoms with van der Waals surface area (Å²) in [4.78, 5) is 106. The third-order valence-electron chi connectivity index (χ3n) is 20.1. The number of nitrogens with two attached hydrogens (primary N) is 3. The average molecular weight is 1870 g/mol. The number of phosphoric acid groups is 4. The van der Waals surface area contributed by atoms with Gasteiger partial charge < -0.3 is 119 Å². The molecule has 5 aliphatic heterocycles. The van der Waals surface area contributed by atoms with Crippen LogP contribution in [-0.2, 0) is 115 Å². The molecule has 5 aromatic carbocycles. The van der Waals surface area contributed by atoms with Crippen molar-refractivity contribution in [2.24, 2.45) is 0 Å². The maximum Gasteiger partial charge on any atom is 0.481 e. The van der Waals surface area contributed by atoms with Gasteiger partial charge in [-0.25, -0.2) is 57.9 Å². The lowest BCUT2D eigenvalue weighted by molar-refractivity contribution is -0.172. The predicted molar refractivity (Wildman–Crippen MR) is 420 cm³/mol. The van der Waals surface area contributed by atoms with Crippen molar-refractivity contribution in [3.8, 4) is 23.0 Å². The predicted octanol–water partition coefficient (Wildman–Crippen LogP) is 1.36. The van der Waals surface area contributed by atoms with Gasteiger partial charge in [0.1, 0.15) is 138 Å².